The highest BCUT2D eigenvalue weighted by atomic mass is 32.2. The minimum atomic E-state index is -4.88. The fraction of sp³-hybridized carbons (Fsp3) is 0.478. The van der Waals surface area contributed by atoms with Crippen molar-refractivity contribution in [3.8, 4) is 0 Å². The van der Waals surface area contributed by atoms with Gasteiger partial charge < -0.3 is 15.5 Å². The van der Waals surface area contributed by atoms with E-state index in [9.17, 15) is 26.3 Å². The molecule has 0 saturated carbocycles. The number of rotatable bonds is 3. The highest BCUT2D eigenvalue weighted by molar-refractivity contribution is 7.98. The number of hydrogen-bond acceptors (Lipinski definition) is 4. The van der Waals surface area contributed by atoms with Gasteiger partial charge in [-0.05, 0) is 53.9 Å². The second kappa shape index (κ2) is 8.30. The molecule has 0 radical (unpaired) electrons. The molecule has 0 aromatic heterocycles. The molecule has 2 aromatic carbocycles. The Hall–Kier alpha value is -2.07. The molecule has 0 spiro atoms. The third-order valence-electron chi connectivity index (χ3n) is 6.74. The van der Waals surface area contributed by atoms with Crippen molar-refractivity contribution in [3.05, 3.63) is 58.1 Å². The highest BCUT2D eigenvalue weighted by Gasteiger charge is 2.42. The molecule has 0 unspecified atom stereocenters. The number of piperidine rings is 1. The molecule has 3 heterocycles. The molecule has 2 N–H and O–H groups in total. The van der Waals surface area contributed by atoms with Crippen molar-refractivity contribution in [2.24, 2.45) is 0 Å². The van der Waals surface area contributed by atoms with E-state index in [1.54, 1.807) is 11.8 Å². The van der Waals surface area contributed by atoms with Gasteiger partial charge in [0.1, 0.15) is 0 Å². The summed E-state index contributed by atoms with van der Waals surface area (Å²) >= 11 is 1.80. The van der Waals surface area contributed by atoms with Crippen molar-refractivity contribution in [3.63, 3.8) is 0 Å². The van der Waals surface area contributed by atoms with Gasteiger partial charge in [0, 0.05) is 54.5 Å². The number of nitrogens with one attached hydrogen (secondary N) is 2. The van der Waals surface area contributed by atoms with Crippen molar-refractivity contribution < 1.29 is 26.3 Å². The predicted octanol–water partition coefficient (Wildman–Crippen LogP) is 5.85. The lowest BCUT2D eigenvalue weighted by atomic mass is 9.89. The fourth-order valence-electron chi connectivity index (χ4n) is 5.39. The van der Waals surface area contributed by atoms with Crippen LogP contribution in [0.5, 0.6) is 0 Å². The number of anilines is 2. The Balaban J connectivity index is 1.51. The lowest BCUT2D eigenvalue weighted by Crippen LogP contribution is -2.44. The number of hydrogen-bond donors (Lipinski definition) is 2. The predicted molar refractivity (Wildman–Crippen MR) is 118 cm³/mol. The van der Waals surface area contributed by atoms with Crippen molar-refractivity contribution in [1.29, 1.82) is 0 Å². The van der Waals surface area contributed by atoms with E-state index in [0.717, 1.165) is 54.8 Å². The maximum atomic E-state index is 13.5. The summed E-state index contributed by atoms with van der Waals surface area (Å²) in [5.41, 5.74) is 0.683. The van der Waals surface area contributed by atoms with Crippen molar-refractivity contribution in [2.45, 2.75) is 43.0 Å². The van der Waals surface area contributed by atoms with E-state index in [1.807, 2.05) is 12.1 Å². The highest BCUT2D eigenvalue weighted by Crippen LogP contribution is 2.49. The van der Waals surface area contributed by atoms with Crippen LogP contribution in [0.2, 0.25) is 0 Å². The molecule has 178 valence electrons. The van der Waals surface area contributed by atoms with Crippen molar-refractivity contribution >= 4 is 23.1 Å². The molecular weight excluding hydrogens is 464 g/mol. The molecule has 1 saturated heterocycles. The molecule has 2 atom stereocenters. The van der Waals surface area contributed by atoms with Gasteiger partial charge in [0.05, 0.1) is 11.1 Å². The van der Waals surface area contributed by atoms with Gasteiger partial charge in [-0.25, -0.2) is 0 Å². The standard InChI is InChI=1S/C23H23F6N3S/c24-22(25,26)18-2-1-3-19(23(27,28)29)17(18)11-31-14-8-13-12-33-7-6-32-20-4-5-30-10-16(20)15(9-14)21(13)32/h1-3,8-9,16,20,30-31H,4-7,10-12H2/t16-,20-/m0/s1. The van der Waals surface area contributed by atoms with Crippen molar-refractivity contribution in [2.75, 3.05) is 35.6 Å². The van der Waals surface area contributed by atoms with E-state index in [0.29, 0.717) is 23.9 Å². The number of thioether (sulfide) groups is 1. The first-order valence-corrected chi connectivity index (χ1v) is 12.0. The summed E-state index contributed by atoms with van der Waals surface area (Å²) in [5, 5.41) is 6.32. The normalized spacial score (nSPS) is 22.5. The van der Waals surface area contributed by atoms with Gasteiger partial charge in [0.25, 0.3) is 0 Å². The van der Waals surface area contributed by atoms with Gasteiger partial charge in [-0.3, -0.25) is 0 Å². The van der Waals surface area contributed by atoms with E-state index < -0.39 is 35.6 Å². The van der Waals surface area contributed by atoms with Crippen LogP contribution in [0.4, 0.5) is 37.7 Å². The smallest absolute Gasteiger partial charge is 0.381 e. The first kappa shape index (κ1) is 22.7. The summed E-state index contributed by atoms with van der Waals surface area (Å²) in [5.74, 6) is 2.03. The number of nitrogens with zero attached hydrogens (tertiary/aromatic N) is 1. The van der Waals surface area contributed by atoms with Crippen LogP contribution in [0.15, 0.2) is 30.3 Å². The second-order valence-corrected chi connectivity index (χ2v) is 9.77. The SMILES string of the molecule is FC(F)(F)c1cccc(C(F)(F)F)c1CNc1cc2c3c(c1)[C@@H]1CNCC[C@@H]1N3CCSC2. The Morgan fingerprint density at radius 3 is 2.48 bits per heavy atom. The summed E-state index contributed by atoms with van der Waals surface area (Å²) in [6.45, 7) is 2.14. The maximum absolute atomic E-state index is 13.5. The molecule has 10 heteroatoms. The Kier molecular flexibility index (Phi) is 5.71. The first-order valence-electron chi connectivity index (χ1n) is 10.9. The van der Waals surface area contributed by atoms with Crippen LogP contribution in [0.1, 0.15) is 40.2 Å². The van der Waals surface area contributed by atoms with Crippen LogP contribution in [-0.4, -0.2) is 31.4 Å². The largest absolute Gasteiger partial charge is 0.416 e. The minimum absolute atomic E-state index is 0.269. The molecule has 1 fully saturated rings. The zero-order valence-electron chi connectivity index (χ0n) is 17.6. The van der Waals surface area contributed by atoms with Crippen LogP contribution in [-0.2, 0) is 24.7 Å². The molecule has 3 nitrogen and oxygen atoms in total. The minimum Gasteiger partial charge on any atom is -0.381 e. The quantitative estimate of drug-likeness (QED) is 0.532. The van der Waals surface area contributed by atoms with Gasteiger partial charge in [-0.2, -0.15) is 38.1 Å². The third kappa shape index (κ3) is 4.16. The molecule has 2 aromatic rings. The molecule has 0 aliphatic carbocycles. The Morgan fingerprint density at radius 1 is 1.06 bits per heavy atom. The number of benzene rings is 2. The Bertz CT molecular complexity index is 1020. The van der Waals surface area contributed by atoms with E-state index >= 15 is 0 Å². The van der Waals surface area contributed by atoms with E-state index in [1.165, 1.54) is 5.69 Å². The van der Waals surface area contributed by atoms with Crippen molar-refractivity contribution in [1.82, 2.24) is 5.32 Å². The molecule has 5 rings (SSSR count). The van der Waals surface area contributed by atoms with Crippen LogP contribution in [0.3, 0.4) is 0 Å². The average molecular weight is 488 g/mol. The Morgan fingerprint density at radius 2 is 1.79 bits per heavy atom. The van der Waals surface area contributed by atoms with Crippen LogP contribution in [0.25, 0.3) is 0 Å². The molecule has 0 amide bonds. The summed E-state index contributed by atoms with van der Waals surface area (Å²) < 4.78 is 81.1. The van der Waals surface area contributed by atoms with Gasteiger partial charge in [0.15, 0.2) is 0 Å². The number of alkyl halides is 6. The topological polar surface area (TPSA) is 27.3 Å². The molecule has 33 heavy (non-hydrogen) atoms. The first-order chi connectivity index (χ1) is 15.6. The van der Waals surface area contributed by atoms with E-state index in [2.05, 4.69) is 15.5 Å². The lowest BCUT2D eigenvalue weighted by Gasteiger charge is -2.33. The molecule has 0 bridgehead atoms. The zero-order valence-corrected chi connectivity index (χ0v) is 18.4. The summed E-state index contributed by atoms with van der Waals surface area (Å²) in [6, 6.07) is 6.41. The number of fused-ring (bicyclic) bond motifs is 3. The van der Waals surface area contributed by atoms with Gasteiger partial charge in [0.2, 0.25) is 0 Å². The lowest BCUT2D eigenvalue weighted by molar-refractivity contribution is -0.144. The maximum Gasteiger partial charge on any atom is 0.416 e. The summed E-state index contributed by atoms with van der Waals surface area (Å²) in [6.07, 6.45) is -8.74. The van der Waals surface area contributed by atoms with Gasteiger partial charge in [-0.1, -0.05) is 6.07 Å². The fourth-order valence-corrected chi connectivity index (χ4v) is 6.30. The Labute approximate surface area is 191 Å². The van der Waals surface area contributed by atoms with E-state index in [4.69, 9.17) is 0 Å². The number of halogens is 6. The van der Waals surface area contributed by atoms with Gasteiger partial charge in [-0.15, -0.1) is 0 Å². The van der Waals surface area contributed by atoms with Crippen LogP contribution in [0, 0.1) is 0 Å². The van der Waals surface area contributed by atoms with E-state index in [-0.39, 0.29) is 5.92 Å². The summed E-state index contributed by atoms with van der Waals surface area (Å²) in [7, 11) is 0. The second-order valence-electron chi connectivity index (χ2n) is 8.67. The monoisotopic (exact) mass is 487 g/mol. The molecule has 3 aliphatic rings. The molecular formula is C23H23F6N3S. The van der Waals surface area contributed by atoms with Gasteiger partial charge >= 0.3 is 12.4 Å². The molecule has 3 aliphatic heterocycles. The third-order valence-corrected chi connectivity index (χ3v) is 7.73. The average Bonchev–Trinajstić information content (AvgIpc) is 2.91. The van der Waals surface area contributed by atoms with Crippen LogP contribution < -0.4 is 15.5 Å². The zero-order chi connectivity index (χ0) is 23.4. The van der Waals surface area contributed by atoms with Crippen LogP contribution >= 0.6 is 11.8 Å². The summed E-state index contributed by atoms with van der Waals surface area (Å²) in [4.78, 5) is 2.46.